The van der Waals surface area contributed by atoms with E-state index in [-0.39, 0.29) is 24.9 Å². The van der Waals surface area contributed by atoms with Crippen LogP contribution in [0, 0.1) is 0 Å². The van der Waals surface area contributed by atoms with Crippen LogP contribution in [0.15, 0.2) is 60.8 Å². The third-order valence-electron chi connectivity index (χ3n) is 10.6. The van der Waals surface area contributed by atoms with E-state index in [0.717, 1.165) is 89.9 Å². The van der Waals surface area contributed by atoms with Gasteiger partial charge in [-0.25, -0.2) is 0 Å². The second kappa shape index (κ2) is 44.7. The fourth-order valence-electron chi connectivity index (χ4n) is 6.96. The van der Waals surface area contributed by atoms with Crippen LogP contribution in [0.2, 0.25) is 0 Å². The van der Waals surface area contributed by atoms with Crippen LogP contribution in [0.4, 0.5) is 0 Å². The lowest BCUT2D eigenvalue weighted by Gasteiger charge is -2.24. The largest absolute Gasteiger partial charge is 0.462 e. The Labute approximate surface area is 352 Å². The van der Waals surface area contributed by atoms with Crippen molar-refractivity contribution in [1.82, 2.24) is 5.32 Å². The molecule has 0 heterocycles. The molecule has 6 nitrogen and oxygen atoms in total. The molecule has 3 atom stereocenters. The summed E-state index contributed by atoms with van der Waals surface area (Å²) in [5.41, 5.74) is 0. The second-order valence-corrected chi connectivity index (χ2v) is 16.2. The van der Waals surface area contributed by atoms with Crippen molar-refractivity contribution in [2.24, 2.45) is 0 Å². The molecule has 1 amide bonds. The van der Waals surface area contributed by atoms with Crippen LogP contribution in [0.5, 0.6) is 0 Å². The Morgan fingerprint density at radius 1 is 0.544 bits per heavy atom. The number of carbonyl (C=O) groups is 2. The number of amides is 1. The Hall–Kier alpha value is -2.44. The molecule has 0 radical (unpaired) electrons. The molecule has 0 aromatic heterocycles. The maximum Gasteiger partial charge on any atom is 0.306 e. The standard InChI is InChI=1S/C51H91NO5/c1-4-7-10-13-16-19-22-24-25-26-27-29-32-35-38-41-44-51(56)57-47(42-39-36-33-30-28-23-20-17-14-11-8-5-2)45-50(55)52-48(46-53)49(54)43-40-37-34-31-21-18-15-12-9-6-3/h8,11,17,20,25-30,47-49,53-54H,4-7,9-10,12-16,18-19,21-24,31-46H2,1-3H3,(H,52,55)/b11-8+,20-17+,26-25+,29-27+,30-28+. The Bertz CT molecular complexity index is 1030. The van der Waals surface area contributed by atoms with Gasteiger partial charge in [0.15, 0.2) is 0 Å². The predicted molar refractivity (Wildman–Crippen MR) is 245 cm³/mol. The molecule has 0 saturated heterocycles. The van der Waals surface area contributed by atoms with Crippen LogP contribution in [-0.4, -0.2) is 46.9 Å². The smallest absolute Gasteiger partial charge is 0.306 e. The maximum atomic E-state index is 13.1. The lowest BCUT2D eigenvalue weighted by atomic mass is 10.0. The number of carbonyl (C=O) groups excluding carboxylic acids is 2. The van der Waals surface area contributed by atoms with Gasteiger partial charge in [0.2, 0.25) is 5.91 Å². The summed E-state index contributed by atoms with van der Waals surface area (Å²) < 4.78 is 5.88. The summed E-state index contributed by atoms with van der Waals surface area (Å²) in [7, 11) is 0. The van der Waals surface area contributed by atoms with Crippen LogP contribution in [0.3, 0.4) is 0 Å². The van der Waals surface area contributed by atoms with Gasteiger partial charge < -0.3 is 20.3 Å². The number of allylic oxidation sites excluding steroid dienone is 10. The van der Waals surface area contributed by atoms with Crippen LogP contribution >= 0.6 is 0 Å². The van der Waals surface area contributed by atoms with Gasteiger partial charge in [-0.3, -0.25) is 9.59 Å². The molecule has 0 aromatic rings. The number of unbranched alkanes of at least 4 members (excludes halogenated alkanes) is 21. The maximum absolute atomic E-state index is 13.1. The van der Waals surface area contributed by atoms with Gasteiger partial charge in [0.1, 0.15) is 6.10 Å². The molecule has 0 saturated carbocycles. The van der Waals surface area contributed by atoms with E-state index >= 15 is 0 Å². The minimum atomic E-state index is -0.802. The molecule has 57 heavy (non-hydrogen) atoms. The molecule has 0 bridgehead atoms. The Kier molecular flexibility index (Phi) is 42.7. The fraction of sp³-hybridized carbons (Fsp3) is 0.765. The number of ether oxygens (including phenoxy) is 1. The van der Waals surface area contributed by atoms with E-state index in [1.165, 1.54) is 89.9 Å². The molecule has 0 fully saturated rings. The minimum absolute atomic E-state index is 0.0393. The van der Waals surface area contributed by atoms with Crippen LogP contribution in [0.1, 0.15) is 226 Å². The zero-order chi connectivity index (χ0) is 41.7. The third-order valence-corrected chi connectivity index (χ3v) is 10.6. The quantitative estimate of drug-likeness (QED) is 0.0247. The number of esters is 1. The van der Waals surface area contributed by atoms with Crippen molar-refractivity contribution in [3.05, 3.63) is 60.8 Å². The molecule has 0 aliphatic carbocycles. The van der Waals surface area contributed by atoms with Crippen molar-refractivity contribution in [2.45, 2.75) is 244 Å². The van der Waals surface area contributed by atoms with Crippen molar-refractivity contribution in [2.75, 3.05) is 6.61 Å². The number of nitrogens with one attached hydrogen (secondary N) is 1. The average Bonchev–Trinajstić information content (AvgIpc) is 3.20. The lowest BCUT2D eigenvalue weighted by Crippen LogP contribution is -2.46. The summed E-state index contributed by atoms with van der Waals surface area (Å²) >= 11 is 0. The molecule has 0 spiro atoms. The minimum Gasteiger partial charge on any atom is -0.462 e. The Morgan fingerprint density at radius 2 is 1.00 bits per heavy atom. The average molecular weight is 798 g/mol. The zero-order valence-corrected chi connectivity index (χ0v) is 37.5. The molecule has 0 aliphatic rings. The number of hydrogen-bond donors (Lipinski definition) is 3. The van der Waals surface area contributed by atoms with Crippen LogP contribution in [-0.2, 0) is 14.3 Å². The molecule has 3 unspecified atom stereocenters. The summed E-state index contributed by atoms with van der Waals surface area (Å²) in [6.45, 7) is 6.32. The fourth-order valence-corrected chi connectivity index (χ4v) is 6.96. The van der Waals surface area contributed by atoms with Gasteiger partial charge in [0.25, 0.3) is 0 Å². The third kappa shape index (κ3) is 40.1. The van der Waals surface area contributed by atoms with Crippen molar-refractivity contribution in [1.29, 1.82) is 0 Å². The first-order valence-electron chi connectivity index (χ1n) is 24.0. The van der Waals surface area contributed by atoms with E-state index in [9.17, 15) is 19.8 Å². The molecular formula is C51H91NO5. The van der Waals surface area contributed by atoms with Crippen molar-refractivity contribution >= 4 is 11.9 Å². The first-order chi connectivity index (χ1) is 28.0. The predicted octanol–water partition coefficient (Wildman–Crippen LogP) is 14.1. The van der Waals surface area contributed by atoms with Crippen molar-refractivity contribution in [3.8, 4) is 0 Å². The highest BCUT2D eigenvalue weighted by Gasteiger charge is 2.24. The molecule has 0 rings (SSSR count). The number of aliphatic hydroxyl groups excluding tert-OH is 2. The number of hydrogen-bond acceptors (Lipinski definition) is 5. The van der Waals surface area contributed by atoms with Crippen LogP contribution < -0.4 is 5.32 Å². The summed E-state index contributed by atoms with van der Waals surface area (Å²) in [5, 5.41) is 23.6. The van der Waals surface area contributed by atoms with Crippen LogP contribution in [0.25, 0.3) is 0 Å². The first-order valence-corrected chi connectivity index (χ1v) is 24.0. The van der Waals surface area contributed by atoms with E-state index < -0.39 is 18.2 Å². The number of rotatable bonds is 42. The van der Waals surface area contributed by atoms with E-state index in [2.05, 4.69) is 86.8 Å². The second-order valence-electron chi connectivity index (χ2n) is 16.2. The molecule has 0 aromatic carbocycles. The zero-order valence-electron chi connectivity index (χ0n) is 37.5. The van der Waals surface area contributed by atoms with Gasteiger partial charge in [0.05, 0.1) is 25.2 Å². The molecular weight excluding hydrogens is 707 g/mol. The van der Waals surface area contributed by atoms with E-state index in [0.29, 0.717) is 19.3 Å². The summed E-state index contributed by atoms with van der Waals surface area (Å²) in [4.78, 5) is 26.0. The highest BCUT2D eigenvalue weighted by molar-refractivity contribution is 5.77. The van der Waals surface area contributed by atoms with Gasteiger partial charge in [-0.2, -0.15) is 0 Å². The number of aliphatic hydroxyl groups is 2. The van der Waals surface area contributed by atoms with Crippen molar-refractivity contribution < 1.29 is 24.5 Å². The highest BCUT2D eigenvalue weighted by Crippen LogP contribution is 2.16. The topological polar surface area (TPSA) is 95.9 Å². The summed E-state index contributed by atoms with van der Waals surface area (Å²) in [5.74, 6) is -0.547. The summed E-state index contributed by atoms with van der Waals surface area (Å²) in [6.07, 6.45) is 54.3. The lowest BCUT2D eigenvalue weighted by molar-refractivity contribution is -0.151. The molecule has 330 valence electrons. The molecule has 6 heteroatoms. The Morgan fingerprint density at radius 3 is 1.56 bits per heavy atom. The van der Waals surface area contributed by atoms with Crippen molar-refractivity contribution in [3.63, 3.8) is 0 Å². The van der Waals surface area contributed by atoms with Gasteiger partial charge in [-0.05, 0) is 83.5 Å². The normalized spacial score (nSPS) is 13.8. The first kappa shape index (κ1) is 54.6. The molecule has 3 N–H and O–H groups in total. The van der Waals surface area contributed by atoms with E-state index in [4.69, 9.17) is 4.74 Å². The van der Waals surface area contributed by atoms with Gasteiger partial charge in [0, 0.05) is 6.42 Å². The highest BCUT2D eigenvalue weighted by atomic mass is 16.5. The monoisotopic (exact) mass is 798 g/mol. The van der Waals surface area contributed by atoms with E-state index in [1.807, 2.05) is 0 Å². The summed E-state index contributed by atoms with van der Waals surface area (Å²) in [6, 6.07) is -0.719. The SMILES string of the molecule is CC/C=C/C/C=C/C/C=C/CCCCC(CC(=O)NC(CO)C(O)CCCCCCCCCCCC)OC(=O)CCCCC/C=C/C=C/CCCCCCCCC. The van der Waals surface area contributed by atoms with E-state index in [1.54, 1.807) is 0 Å². The van der Waals surface area contributed by atoms with Gasteiger partial charge in [-0.15, -0.1) is 0 Å². The Balaban J connectivity index is 4.67. The molecule has 0 aliphatic heterocycles. The van der Waals surface area contributed by atoms with Gasteiger partial charge in [-0.1, -0.05) is 191 Å². The van der Waals surface area contributed by atoms with Gasteiger partial charge >= 0.3 is 5.97 Å².